The van der Waals surface area contributed by atoms with Crippen molar-refractivity contribution in [2.75, 3.05) is 0 Å². The Morgan fingerprint density at radius 3 is 2.50 bits per heavy atom. The van der Waals surface area contributed by atoms with Crippen LogP contribution in [0.2, 0.25) is 0 Å². The SMILES string of the molecule is Cc1ccc(S(=O)(=O)n2ccc3c2ncc2nnc([C@@H]4CC[C@H](NS(=O)(=O)c5ccccc5F)C4)n23)cc1. The van der Waals surface area contributed by atoms with Crippen molar-refractivity contribution in [3.8, 4) is 0 Å². The molecule has 0 aliphatic heterocycles. The normalized spacial score (nSPS) is 18.5. The highest BCUT2D eigenvalue weighted by atomic mass is 32.2. The van der Waals surface area contributed by atoms with Crippen molar-refractivity contribution in [3.63, 3.8) is 0 Å². The minimum atomic E-state index is -4.03. The van der Waals surface area contributed by atoms with Crippen LogP contribution in [0.4, 0.5) is 4.39 Å². The number of sulfonamides is 1. The molecule has 1 N–H and O–H groups in total. The van der Waals surface area contributed by atoms with Gasteiger partial charge in [0.25, 0.3) is 10.0 Å². The first kappa shape index (κ1) is 24.6. The van der Waals surface area contributed by atoms with Gasteiger partial charge in [-0.3, -0.25) is 4.40 Å². The Balaban J connectivity index is 1.33. The maximum Gasteiger partial charge on any atom is 0.269 e. The number of aromatic nitrogens is 5. The molecule has 38 heavy (non-hydrogen) atoms. The van der Waals surface area contributed by atoms with Crippen molar-refractivity contribution in [3.05, 3.63) is 84.2 Å². The maximum absolute atomic E-state index is 14.1. The van der Waals surface area contributed by atoms with Gasteiger partial charge in [-0.05, 0) is 56.5 Å². The molecule has 0 saturated heterocycles. The van der Waals surface area contributed by atoms with E-state index >= 15 is 0 Å². The van der Waals surface area contributed by atoms with Gasteiger partial charge >= 0.3 is 0 Å². The summed E-state index contributed by atoms with van der Waals surface area (Å²) in [5, 5.41) is 8.56. The lowest BCUT2D eigenvalue weighted by molar-refractivity contribution is 0.533. The van der Waals surface area contributed by atoms with E-state index in [0.29, 0.717) is 36.3 Å². The zero-order valence-electron chi connectivity index (χ0n) is 20.2. The lowest BCUT2D eigenvalue weighted by Crippen LogP contribution is -2.33. The van der Waals surface area contributed by atoms with E-state index in [2.05, 4.69) is 19.9 Å². The molecule has 1 aliphatic rings. The van der Waals surface area contributed by atoms with E-state index in [4.69, 9.17) is 0 Å². The largest absolute Gasteiger partial charge is 0.274 e. The number of halogens is 1. The molecule has 3 aromatic heterocycles. The number of aryl methyl sites for hydroxylation is 1. The first-order valence-corrected chi connectivity index (χ1v) is 14.9. The van der Waals surface area contributed by atoms with Crippen LogP contribution in [0.3, 0.4) is 0 Å². The molecule has 2 atom stereocenters. The van der Waals surface area contributed by atoms with Crippen LogP contribution in [0.25, 0.3) is 16.8 Å². The Kier molecular flexibility index (Phi) is 5.81. The second-order valence-electron chi connectivity index (χ2n) is 9.41. The van der Waals surface area contributed by atoms with Gasteiger partial charge in [0.05, 0.1) is 16.6 Å². The maximum atomic E-state index is 14.1. The van der Waals surface area contributed by atoms with Gasteiger partial charge in [0, 0.05) is 18.2 Å². The fourth-order valence-corrected chi connectivity index (χ4v) is 7.66. The van der Waals surface area contributed by atoms with Gasteiger partial charge in [0.15, 0.2) is 11.3 Å². The van der Waals surface area contributed by atoms with Gasteiger partial charge in [0.2, 0.25) is 10.0 Å². The molecule has 10 nitrogen and oxygen atoms in total. The van der Waals surface area contributed by atoms with Crippen LogP contribution in [0.15, 0.2) is 76.8 Å². The number of nitrogens with zero attached hydrogens (tertiary/aromatic N) is 5. The summed E-state index contributed by atoms with van der Waals surface area (Å²) in [5.74, 6) is -0.371. The zero-order chi connectivity index (χ0) is 26.7. The molecule has 196 valence electrons. The predicted molar refractivity (Wildman–Crippen MR) is 137 cm³/mol. The monoisotopic (exact) mass is 554 g/mol. The van der Waals surface area contributed by atoms with Crippen molar-refractivity contribution >= 4 is 36.9 Å². The average Bonchev–Trinajstić information content (AvgIpc) is 3.62. The molecule has 13 heteroatoms. The summed E-state index contributed by atoms with van der Waals surface area (Å²) in [7, 11) is -7.92. The summed E-state index contributed by atoms with van der Waals surface area (Å²) in [6, 6.07) is 13.1. The topological polar surface area (TPSA) is 128 Å². The molecule has 1 aliphatic carbocycles. The van der Waals surface area contributed by atoms with Crippen LogP contribution in [-0.4, -0.2) is 46.4 Å². The average molecular weight is 555 g/mol. The van der Waals surface area contributed by atoms with Crippen LogP contribution in [0.1, 0.15) is 36.6 Å². The van der Waals surface area contributed by atoms with Crippen LogP contribution in [0, 0.1) is 12.7 Å². The van der Waals surface area contributed by atoms with Gasteiger partial charge in [-0.15, -0.1) is 10.2 Å². The Morgan fingerprint density at radius 1 is 0.974 bits per heavy atom. The number of hydrogen-bond donors (Lipinski definition) is 1. The van der Waals surface area contributed by atoms with Crippen LogP contribution < -0.4 is 4.72 Å². The van der Waals surface area contributed by atoms with E-state index in [1.165, 1.54) is 30.6 Å². The van der Waals surface area contributed by atoms with Gasteiger partial charge in [-0.25, -0.2) is 34.9 Å². The summed E-state index contributed by atoms with van der Waals surface area (Å²) in [6.45, 7) is 1.88. The third-order valence-corrected chi connectivity index (χ3v) is 10.1. The smallest absolute Gasteiger partial charge is 0.269 e. The number of hydrogen-bond acceptors (Lipinski definition) is 7. The molecular weight excluding hydrogens is 531 g/mol. The number of benzene rings is 2. The van der Waals surface area contributed by atoms with E-state index in [9.17, 15) is 21.2 Å². The van der Waals surface area contributed by atoms with E-state index in [1.807, 2.05) is 6.92 Å². The summed E-state index contributed by atoms with van der Waals surface area (Å²) in [6.07, 6.45) is 4.51. The van der Waals surface area contributed by atoms with Crippen molar-refractivity contribution in [1.29, 1.82) is 0 Å². The molecule has 0 unspecified atom stereocenters. The highest BCUT2D eigenvalue weighted by molar-refractivity contribution is 7.90. The minimum Gasteiger partial charge on any atom is -0.274 e. The van der Waals surface area contributed by atoms with Crippen LogP contribution >= 0.6 is 0 Å². The lowest BCUT2D eigenvalue weighted by atomic mass is 10.1. The molecule has 2 aromatic carbocycles. The zero-order valence-corrected chi connectivity index (χ0v) is 21.8. The Bertz CT molecular complexity index is 1900. The summed E-state index contributed by atoms with van der Waals surface area (Å²) in [4.78, 5) is 4.11. The van der Waals surface area contributed by atoms with E-state index < -0.39 is 31.9 Å². The molecule has 1 saturated carbocycles. The third-order valence-electron chi connectivity index (χ3n) is 6.89. The summed E-state index contributed by atoms with van der Waals surface area (Å²) in [5.41, 5.74) is 2.15. The Hall–Kier alpha value is -3.68. The molecule has 0 amide bonds. The fourth-order valence-electron chi connectivity index (χ4n) is 5.00. The number of nitrogens with one attached hydrogen (secondary N) is 1. The molecule has 3 heterocycles. The molecule has 0 spiro atoms. The summed E-state index contributed by atoms with van der Waals surface area (Å²) < 4.78 is 71.8. The molecule has 5 aromatic rings. The molecular formula is C25H23FN6O4S2. The second kappa shape index (κ2) is 8.96. The number of fused-ring (bicyclic) bond motifs is 3. The van der Waals surface area contributed by atoms with Crippen molar-refractivity contribution in [2.45, 2.75) is 47.9 Å². The van der Waals surface area contributed by atoms with Gasteiger partial charge in [0.1, 0.15) is 16.5 Å². The van der Waals surface area contributed by atoms with Crippen LogP contribution in [0.5, 0.6) is 0 Å². The summed E-state index contributed by atoms with van der Waals surface area (Å²) >= 11 is 0. The lowest BCUT2D eigenvalue weighted by Gasteiger charge is -2.14. The first-order chi connectivity index (χ1) is 18.1. The van der Waals surface area contributed by atoms with Gasteiger partial charge < -0.3 is 0 Å². The first-order valence-electron chi connectivity index (χ1n) is 12.0. The van der Waals surface area contributed by atoms with E-state index in [0.717, 1.165) is 15.6 Å². The molecule has 0 bridgehead atoms. The Labute approximate surface area is 218 Å². The van der Waals surface area contributed by atoms with Crippen molar-refractivity contribution < 1.29 is 21.2 Å². The van der Waals surface area contributed by atoms with E-state index in [-0.39, 0.29) is 21.4 Å². The molecule has 1 fully saturated rings. The van der Waals surface area contributed by atoms with Crippen molar-refractivity contribution in [2.24, 2.45) is 0 Å². The second-order valence-corrected chi connectivity index (χ2v) is 12.9. The molecule has 0 radical (unpaired) electrons. The minimum absolute atomic E-state index is 0.146. The van der Waals surface area contributed by atoms with Crippen LogP contribution in [-0.2, 0) is 20.0 Å². The Morgan fingerprint density at radius 2 is 1.74 bits per heavy atom. The highest BCUT2D eigenvalue weighted by Gasteiger charge is 2.33. The van der Waals surface area contributed by atoms with Gasteiger partial charge in [-0.2, -0.15) is 0 Å². The standard InChI is InChI=1S/C25H23FN6O4S2/c1-16-6-10-19(11-7-16)38(35,36)31-13-12-21-25(31)27-15-23-28-29-24(32(21)23)17-8-9-18(14-17)30-37(33,34)22-5-3-2-4-20(22)26/h2-7,10-13,15,17-18,30H,8-9,14H2,1H3/t17-,18+/m1/s1. The van der Waals surface area contributed by atoms with E-state index in [1.54, 1.807) is 34.7 Å². The quantitative estimate of drug-likeness (QED) is 0.341. The highest BCUT2D eigenvalue weighted by Crippen LogP contribution is 2.35. The third kappa shape index (κ3) is 4.06. The number of rotatable bonds is 6. The predicted octanol–water partition coefficient (Wildman–Crippen LogP) is 3.38. The molecule has 6 rings (SSSR count). The fraction of sp³-hybridized carbons (Fsp3) is 0.240. The van der Waals surface area contributed by atoms with Crippen molar-refractivity contribution in [1.82, 2.24) is 28.3 Å². The van der Waals surface area contributed by atoms with Gasteiger partial charge in [-0.1, -0.05) is 29.8 Å².